The summed E-state index contributed by atoms with van der Waals surface area (Å²) in [6, 6.07) is 23.1. The molecule has 0 saturated carbocycles. The van der Waals surface area contributed by atoms with Crippen LogP contribution in [0.15, 0.2) is 72.8 Å². The minimum absolute atomic E-state index is 0.491. The van der Waals surface area contributed by atoms with Gasteiger partial charge in [0.15, 0.2) is 0 Å². The number of rotatable bonds is 8. The van der Waals surface area contributed by atoms with Crippen molar-refractivity contribution in [2.45, 2.75) is 6.54 Å². The first-order valence-electron chi connectivity index (χ1n) is 8.30. The van der Waals surface area contributed by atoms with Crippen LogP contribution in [0.5, 0.6) is 11.5 Å². The number of halogens is 2. The molecule has 0 saturated heterocycles. The molecule has 26 heavy (non-hydrogen) atoms. The molecule has 1 N–H and O–H groups in total. The van der Waals surface area contributed by atoms with Crippen LogP contribution in [0.4, 0.5) is 5.69 Å². The molecule has 0 aliphatic heterocycles. The van der Waals surface area contributed by atoms with Crippen molar-refractivity contribution in [2.75, 3.05) is 18.5 Å². The second-order valence-electron chi connectivity index (χ2n) is 5.61. The van der Waals surface area contributed by atoms with Gasteiger partial charge in [0.05, 0.1) is 15.7 Å². The standard InChI is InChI=1S/C21H19Cl2NO2/c22-19-7-4-8-20(21(19)23)24-15-16-9-11-18(12-10-16)26-14-13-25-17-5-2-1-3-6-17/h1-12,24H,13-15H2. The predicted octanol–water partition coefficient (Wildman–Crippen LogP) is 6.06. The average molecular weight is 388 g/mol. The van der Waals surface area contributed by atoms with Gasteiger partial charge in [-0.15, -0.1) is 0 Å². The molecule has 0 fully saturated rings. The fourth-order valence-electron chi connectivity index (χ4n) is 2.38. The van der Waals surface area contributed by atoms with E-state index < -0.39 is 0 Å². The summed E-state index contributed by atoms with van der Waals surface area (Å²) < 4.78 is 11.3. The Balaban J connectivity index is 1.44. The van der Waals surface area contributed by atoms with E-state index in [1.165, 1.54) is 0 Å². The monoisotopic (exact) mass is 387 g/mol. The summed E-state index contributed by atoms with van der Waals surface area (Å²) in [7, 11) is 0. The van der Waals surface area contributed by atoms with Crippen LogP contribution < -0.4 is 14.8 Å². The lowest BCUT2D eigenvalue weighted by atomic mass is 10.2. The van der Waals surface area contributed by atoms with Crippen LogP contribution >= 0.6 is 23.2 Å². The molecule has 0 unspecified atom stereocenters. The topological polar surface area (TPSA) is 30.5 Å². The second kappa shape index (κ2) is 9.37. The van der Waals surface area contributed by atoms with Gasteiger partial charge in [-0.25, -0.2) is 0 Å². The Morgan fingerprint density at radius 3 is 2.04 bits per heavy atom. The summed E-state index contributed by atoms with van der Waals surface area (Å²) in [5.74, 6) is 1.66. The summed E-state index contributed by atoms with van der Waals surface area (Å²) in [5.41, 5.74) is 1.94. The van der Waals surface area contributed by atoms with Gasteiger partial charge in [0, 0.05) is 6.54 Å². The van der Waals surface area contributed by atoms with Crippen molar-refractivity contribution in [1.29, 1.82) is 0 Å². The smallest absolute Gasteiger partial charge is 0.122 e. The number of anilines is 1. The molecule has 3 nitrogen and oxygen atoms in total. The van der Waals surface area contributed by atoms with Gasteiger partial charge in [-0.05, 0) is 42.0 Å². The van der Waals surface area contributed by atoms with Gasteiger partial charge in [-0.2, -0.15) is 0 Å². The maximum Gasteiger partial charge on any atom is 0.122 e. The highest BCUT2D eigenvalue weighted by atomic mass is 35.5. The van der Waals surface area contributed by atoms with Crippen molar-refractivity contribution in [3.63, 3.8) is 0 Å². The lowest BCUT2D eigenvalue weighted by Crippen LogP contribution is -2.09. The number of benzene rings is 3. The van der Waals surface area contributed by atoms with Gasteiger partial charge in [0.2, 0.25) is 0 Å². The van der Waals surface area contributed by atoms with Crippen LogP contribution in [-0.4, -0.2) is 13.2 Å². The lowest BCUT2D eigenvalue weighted by molar-refractivity contribution is 0.217. The maximum absolute atomic E-state index is 6.17. The van der Waals surface area contributed by atoms with Crippen molar-refractivity contribution in [2.24, 2.45) is 0 Å². The molecule has 0 aliphatic carbocycles. The van der Waals surface area contributed by atoms with Gasteiger partial charge in [0.25, 0.3) is 0 Å². The highest BCUT2D eigenvalue weighted by molar-refractivity contribution is 6.43. The number of hydrogen-bond donors (Lipinski definition) is 1. The van der Waals surface area contributed by atoms with E-state index in [9.17, 15) is 0 Å². The number of nitrogens with one attached hydrogen (secondary N) is 1. The van der Waals surface area contributed by atoms with Crippen molar-refractivity contribution >= 4 is 28.9 Å². The van der Waals surface area contributed by atoms with Crippen molar-refractivity contribution in [3.8, 4) is 11.5 Å². The molecule has 0 aliphatic rings. The molecule has 0 bridgehead atoms. The van der Waals surface area contributed by atoms with Gasteiger partial charge in [-0.1, -0.05) is 59.6 Å². The van der Waals surface area contributed by atoms with Crippen LogP contribution in [0.25, 0.3) is 0 Å². The first kappa shape index (κ1) is 18.4. The van der Waals surface area contributed by atoms with Gasteiger partial charge < -0.3 is 14.8 Å². The van der Waals surface area contributed by atoms with Gasteiger partial charge in [-0.3, -0.25) is 0 Å². The molecule has 3 rings (SSSR count). The van der Waals surface area contributed by atoms with E-state index in [4.69, 9.17) is 32.7 Å². The average Bonchev–Trinajstić information content (AvgIpc) is 2.68. The summed E-state index contributed by atoms with van der Waals surface area (Å²) in [6.07, 6.45) is 0. The zero-order chi connectivity index (χ0) is 18.2. The van der Waals surface area contributed by atoms with Gasteiger partial charge in [0.1, 0.15) is 24.7 Å². The predicted molar refractivity (Wildman–Crippen MR) is 108 cm³/mol. The Kier molecular flexibility index (Phi) is 6.64. The van der Waals surface area contributed by atoms with E-state index >= 15 is 0 Å². The zero-order valence-electron chi connectivity index (χ0n) is 14.1. The fourth-order valence-corrected chi connectivity index (χ4v) is 2.74. The lowest BCUT2D eigenvalue weighted by Gasteiger charge is -2.11. The fraction of sp³-hybridized carbons (Fsp3) is 0.143. The molecular weight excluding hydrogens is 369 g/mol. The van der Waals surface area contributed by atoms with Crippen LogP contribution in [0.2, 0.25) is 10.0 Å². The molecule has 3 aromatic rings. The SMILES string of the molecule is Clc1cccc(NCc2ccc(OCCOc3ccccc3)cc2)c1Cl. The molecule has 0 heterocycles. The molecule has 0 radical (unpaired) electrons. The van der Waals surface area contributed by atoms with Gasteiger partial charge >= 0.3 is 0 Å². The highest BCUT2D eigenvalue weighted by Gasteiger charge is 2.04. The molecule has 5 heteroatoms. The zero-order valence-corrected chi connectivity index (χ0v) is 15.6. The Labute approximate surface area is 163 Å². The van der Waals surface area contributed by atoms with E-state index in [-0.39, 0.29) is 0 Å². The third kappa shape index (κ3) is 5.32. The van der Waals surface area contributed by atoms with E-state index in [1.807, 2.05) is 66.7 Å². The normalized spacial score (nSPS) is 10.4. The highest BCUT2D eigenvalue weighted by Crippen LogP contribution is 2.29. The third-order valence-corrected chi connectivity index (χ3v) is 4.54. The third-order valence-electron chi connectivity index (χ3n) is 3.72. The molecular formula is C21H19Cl2NO2. The number of para-hydroxylation sites is 1. The van der Waals surface area contributed by atoms with Crippen molar-refractivity contribution in [1.82, 2.24) is 0 Å². The largest absolute Gasteiger partial charge is 0.490 e. The summed E-state index contributed by atoms with van der Waals surface area (Å²) in [5, 5.41) is 4.36. The van der Waals surface area contributed by atoms with Crippen LogP contribution in [0.1, 0.15) is 5.56 Å². The summed E-state index contributed by atoms with van der Waals surface area (Å²) in [6.45, 7) is 1.64. The Bertz CT molecular complexity index is 823. The number of hydrogen-bond acceptors (Lipinski definition) is 3. The minimum Gasteiger partial charge on any atom is -0.490 e. The second-order valence-corrected chi connectivity index (χ2v) is 6.39. The Morgan fingerprint density at radius 1 is 0.692 bits per heavy atom. The van der Waals surface area contributed by atoms with Crippen LogP contribution in [0.3, 0.4) is 0 Å². The molecule has 0 spiro atoms. The summed E-state index contributed by atoms with van der Waals surface area (Å²) >= 11 is 12.2. The molecule has 0 aromatic heterocycles. The minimum atomic E-state index is 0.491. The van der Waals surface area contributed by atoms with E-state index in [1.54, 1.807) is 6.07 Å². The molecule has 0 amide bonds. The first-order chi connectivity index (χ1) is 12.7. The van der Waals surface area contributed by atoms with E-state index in [2.05, 4.69) is 5.32 Å². The van der Waals surface area contributed by atoms with E-state index in [0.29, 0.717) is 29.8 Å². The van der Waals surface area contributed by atoms with Crippen molar-refractivity contribution < 1.29 is 9.47 Å². The summed E-state index contributed by atoms with van der Waals surface area (Å²) in [4.78, 5) is 0. The maximum atomic E-state index is 6.17. The Hall–Kier alpha value is -2.36. The number of ether oxygens (including phenoxy) is 2. The molecule has 134 valence electrons. The molecule has 0 atom stereocenters. The first-order valence-corrected chi connectivity index (χ1v) is 9.05. The van der Waals surface area contributed by atoms with Crippen LogP contribution in [0, 0.1) is 0 Å². The molecule has 3 aromatic carbocycles. The van der Waals surface area contributed by atoms with E-state index in [0.717, 1.165) is 22.7 Å². The Morgan fingerprint density at radius 2 is 1.35 bits per heavy atom. The van der Waals surface area contributed by atoms with Crippen molar-refractivity contribution in [3.05, 3.63) is 88.4 Å². The quantitative estimate of drug-likeness (QED) is 0.476. The van der Waals surface area contributed by atoms with Crippen LogP contribution in [-0.2, 0) is 6.54 Å².